The maximum absolute atomic E-state index is 12.3. The van der Waals surface area contributed by atoms with Crippen molar-refractivity contribution in [3.63, 3.8) is 0 Å². The molecule has 0 radical (unpaired) electrons. The molecular weight excluding hydrogens is 246 g/mol. The van der Waals surface area contributed by atoms with Crippen LogP contribution in [0, 0.1) is 0 Å². The topological polar surface area (TPSA) is 21.5 Å². The van der Waals surface area contributed by atoms with Crippen LogP contribution in [0.2, 0.25) is 5.02 Å². The number of ketones is 1. The summed E-state index contributed by atoms with van der Waals surface area (Å²) in [6.07, 6.45) is 4.96. The van der Waals surface area contributed by atoms with Crippen molar-refractivity contribution in [2.75, 3.05) is 13.1 Å². The van der Waals surface area contributed by atoms with Crippen LogP contribution in [0.5, 0.6) is 0 Å². The molecule has 1 heterocycles. The largest absolute Gasteiger partial charge is 0.326 e. The van der Waals surface area contributed by atoms with E-state index in [-0.39, 0.29) is 5.78 Å². The summed E-state index contributed by atoms with van der Waals surface area (Å²) in [6.45, 7) is 3.92. The zero-order valence-corrected chi connectivity index (χ0v) is 11.7. The normalized spacial score (nSPS) is 23.9. The second kappa shape index (κ2) is 6.35. The molecule has 1 aliphatic heterocycles. The number of piperidine rings is 1. The van der Waals surface area contributed by atoms with Crippen LogP contribution in [-0.4, -0.2) is 24.9 Å². The summed E-state index contributed by atoms with van der Waals surface area (Å²) >= 11 is 6.08. The van der Waals surface area contributed by atoms with Crippen molar-refractivity contribution in [2.45, 2.75) is 38.6 Å². The Balaban J connectivity index is 2.04. The molecule has 0 aromatic heterocycles. The van der Waals surface area contributed by atoms with Crippen LogP contribution in [0.25, 0.3) is 0 Å². The zero-order valence-electron chi connectivity index (χ0n) is 10.9. The number of quaternary nitrogens is 1. The SMILES string of the molecule is CC[C@@H]1CCCC[NH+]1CC(=O)c1ccccc1Cl. The monoisotopic (exact) mass is 266 g/mol. The third kappa shape index (κ3) is 3.12. The van der Waals surface area contributed by atoms with Gasteiger partial charge in [-0.25, -0.2) is 0 Å². The highest BCUT2D eigenvalue weighted by molar-refractivity contribution is 6.34. The van der Waals surface area contributed by atoms with Crippen molar-refractivity contribution >= 4 is 17.4 Å². The van der Waals surface area contributed by atoms with Gasteiger partial charge in [0.2, 0.25) is 5.78 Å². The molecule has 98 valence electrons. The van der Waals surface area contributed by atoms with Gasteiger partial charge in [-0.05, 0) is 37.8 Å². The molecule has 1 fully saturated rings. The molecule has 0 bridgehead atoms. The fourth-order valence-electron chi connectivity index (χ4n) is 2.87. The van der Waals surface area contributed by atoms with Crippen molar-refractivity contribution in [3.05, 3.63) is 34.9 Å². The average Bonchev–Trinajstić information content (AvgIpc) is 2.39. The number of carbonyl (C=O) groups is 1. The van der Waals surface area contributed by atoms with E-state index in [2.05, 4.69) is 6.92 Å². The molecule has 1 saturated heterocycles. The standard InChI is InChI=1S/C15H20ClNO/c1-2-12-7-5-6-10-17(12)11-15(18)13-8-3-4-9-14(13)16/h3-4,8-9,12H,2,5-7,10-11H2,1H3/p+1/t12-/m1/s1. The quantitative estimate of drug-likeness (QED) is 0.831. The van der Waals surface area contributed by atoms with Gasteiger partial charge in [-0.3, -0.25) is 4.79 Å². The first kappa shape index (κ1) is 13.6. The maximum atomic E-state index is 12.3. The molecule has 18 heavy (non-hydrogen) atoms. The molecule has 2 nitrogen and oxygen atoms in total. The minimum Gasteiger partial charge on any atom is -0.326 e. The van der Waals surface area contributed by atoms with Crippen LogP contribution in [0.15, 0.2) is 24.3 Å². The molecule has 0 amide bonds. The van der Waals surface area contributed by atoms with Gasteiger partial charge in [-0.15, -0.1) is 0 Å². The molecule has 1 unspecified atom stereocenters. The van der Waals surface area contributed by atoms with Crippen molar-refractivity contribution in [1.82, 2.24) is 0 Å². The minimum absolute atomic E-state index is 0.177. The van der Waals surface area contributed by atoms with Gasteiger partial charge in [-0.1, -0.05) is 30.7 Å². The predicted octanol–water partition coefficient (Wildman–Crippen LogP) is 2.37. The molecule has 1 aliphatic rings. The first-order valence-corrected chi connectivity index (χ1v) is 7.22. The number of benzene rings is 1. The summed E-state index contributed by atoms with van der Waals surface area (Å²) in [6, 6.07) is 8.00. The zero-order chi connectivity index (χ0) is 13.0. The van der Waals surface area contributed by atoms with Gasteiger partial charge in [-0.2, -0.15) is 0 Å². The third-order valence-corrected chi connectivity index (χ3v) is 4.26. The lowest BCUT2D eigenvalue weighted by Crippen LogP contribution is -3.17. The summed E-state index contributed by atoms with van der Waals surface area (Å²) in [7, 11) is 0. The lowest BCUT2D eigenvalue weighted by molar-refractivity contribution is -0.922. The van der Waals surface area contributed by atoms with Gasteiger partial charge < -0.3 is 4.90 Å². The second-order valence-electron chi connectivity index (χ2n) is 5.09. The Kier molecular flexibility index (Phi) is 4.79. The number of hydrogen-bond donors (Lipinski definition) is 1. The smallest absolute Gasteiger partial charge is 0.218 e. The highest BCUT2D eigenvalue weighted by Crippen LogP contribution is 2.15. The van der Waals surface area contributed by atoms with Gasteiger partial charge >= 0.3 is 0 Å². The van der Waals surface area contributed by atoms with E-state index < -0.39 is 0 Å². The molecule has 1 aromatic carbocycles. The first-order valence-electron chi connectivity index (χ1n) is 6.84. The molecule has 1 N–H and O–H groups in total. The molecule has 1 aromatic rings. The fourth-order valence-corrected chi connectivity index (χ4v) is 3.11. The van der Waals surface area contributed by atoms with E-state index in [9.17, 15) is 4.79 Å². The molecular formula is C15H21ClNO+. The highest BCUT2D eigenvalue weighted by Gasteiger charge is 2.27. The van der Waals surface area contributed by atoms with E-state index in [0.29, 0.717) is 23.2 Å². The molecule has 0 spiro atoms. The van der Waals surface area contributed by atoms with Crippen LogP contribution in [0.1, 0.15) is 43.0 Å². The minimum atomic E-state index is 0.177. The first-order chi connectivity index (χ1) is 8.72. The number of halogens is 1. The third-order valence-electron chi connectivity index (χ3n) is 3.93. The summed E-state index contributed by atoms with van der Waals surface area (Å²) in [5, 5.41) is 0.576. The fraction of sp³-hybridized carbons (Fsp3) is 0.533. The number of hydrogen-bond acceptors (Lipinski definition) is 1. The van der Waals surface area contributed by atoms with Crippen molar-refractivity contribution in [2.24, 2.45) is 0 Å². The van der Waals surface area contributed by atoms with Crippen molar-refractivity contribution < 1.29 is 9.69 Å². The number of likely N-dealkylation sites (tertiary alicyclic amines) is 1. The van der Waals surface area contributed by atoms with Gasteiger partial charge in [0.25, 0.3) is 0 Å². The summed E-state index contributed by atoms with van der Waals surface area (Å²) in [4.78, 5) is 13.7. The van der Waals surface area contributed by atoms with Gasteiger partial charge in [0, 0.05) is 5.56 Å². The molecule has 2 atom stereocenters. The Morgan fingerprint density at radius 3 is 2.89 bits per heavy atom. The summed E-state index contributed by atoms with van der Waals surface area (Å²) < 4.78 is 0. The van der Waals surface area contributed by atoms with E-state index in [0.717, 1.165) is 13.0 Å². The van der Waals surface area contributed by atoms with Crippen molar-refractivity contribution in [1.29, 1.82) is 0 Å². The predicted molar refractivity (Wildman–Crippen MR) is 74.4 cm³/mol. The molecule has 0 aliphatic carbocycles. The molecule has 0 saturated carbocycles. The van der Waals surface area contributed by atoms with Crippen LogP contribution >= 0.6 is 11.6 Å². The van der Waals surface area contributed by atoms with E-state index in [4.69, 9.17) is 11.6 Å². The number of carbonyl (C=O) groups excluding carboxylic acids is 1. The van der Waals surface area contributed by atoms with Gasteiger partial charge in [0.1, 0.15) is 6.54 Å². The average molecular weight is 267 g/mol. The van der Waals surface area contributed by atoms with Crippen LogP contribution in [-0.2, 0) is 0 Å². The van der Waals surface area contributed by atoms with Crippen LogP contribution in [0.3, 0.4) is 0 Å². The Labute approximate surface area is 114 Å². The number of Topliss-reactive ketones (excluding diaryl/α,β-unsaturated/α-hetero) is 1. The number of nitrogens with one attached hydrogen (secondary N) is 1. The molecule has 2 rings (SSSR count). The summed E-state index contributed by atoms with van der Waals surface area (Å²) in [5.74, 6) is 0.177. The second-order valence-corrected chi connectivity index (χ2v) is 5.50. The molecule has 3 heteroatoms. The lowest BCUT2D eigenvalue weighted by atomic mass is 9.99. The van der Waals surface area contributed by atoms with E-state index in [1.165, 1.54) is 24.2 Å². The Morgan fingerprint density at radius 2 is 2.17 bits per heavy atom. The highest BCUT2D eigenvalue weighted by atomic mass is 35.5. The van der Waals surface area contributed by atoms with Crippen molar-refractivity contribution in [3.8, 4) is 0 Å². The van der Waals surface area contributed by atoms with Gasteiger partial charge in [0.15, 0.2) is 0 Å². The van der Waals surface area contributed by atoms with E-state index >= 15 is 0 Å². The Bertz CT molecular complexity index is 419. The van der Waals surface area contributed by atoms with E-state index in [1.54, 1.807) is 6.07 Å². The van der Waals surface area contributed by atoms with E-state index in [1.807, 2.05) is 18.2 Å². The summed E-state index contributed by atoms with van der Waals surface area (Å²) in [5.41, 5.74) is 0.673. The Hall–Kier alpha value is -0.860. The van der Waals surface area contributed by atoms with Crippen LogP contribution < -0.4 is 4.90 Å². The van der Waals surface area contributed by atoms with Gasteiger partial charge in [0.05, 0.1) is 17.6 Å². The number of rotatable bonds is 4. The maximum Gasteiger partial charge on any atom is 0.218 e. The lowest BCUT2D eigenvalue weighted by Gasteiger charge is -2.31. The van der Waals surface area contributed by atoms with Crippen LogP contribution in [0.4, 0.5) is 0 Å². The Morgan fingerprint density at radius 1 is 1.39 bits per heavy atom.